The quantitative estimate of drug-likeness (QED) is 0.353. The Morgan fingerprint density at radius 1 is 1.59 bits per heavy atom. The minimum absolute atomic E-state index is 0.0979. The van der Waals surface area contributed by atoms with Gasteiger partial charge in [0.2, 0.25) is 0 Å². The van der Waals surface area contributed by atoms with Gasteiger partial charge in [-0.1, -0.05) is 5.11 Å². The summed E-state index contributed by atoms with van der Waals surface area (Å²) in [5.74, 6) is -0.0979. The van der Waals surface area contributed by atoms with E-state index in [-0.39, 0.29) is 5.91 Å². The maximum absolute atomic E-state index is 11.7. The van der Waals surface area contributed by atoms with Crippen LogP contribution in [-0.4, -0.2) is 24.0 Å². The van der Waals surface area contributed by atoms with E-state index in [1.165, 1.54) is 0 Å². The van der Waals surface area contributed by atoms with Crippen molar-refractivity contribution in [2.45, 2.75) is 19.8 Å². The van der Waals surface area contributed by atoms with Crippen LogP contribution in [0.4, 0.5) is 0 Å². The monoisotopic (exact) mass is 233 g/mol. The normalized spacial score (nSPS) is 9.47. The third-order valence-corrected chi connectivity index (χ3v) is 2.19. The van der Waals surface area contributed by atoms with Crippen molar-refractivity contribution >= 4 is 5.91 Å². The Balaban J connectivity index is 2.28. The van der Waals surface area contributed by atoms with Crippen molar-refractivity contribution in [3.05, 3.63) is 40.0 Å². The van der Waals surface area contributed by atoms with Gasteiger partial charge in [-0.25, -0.2) is 0 Å². The van der Waals surface area contributed by atoms with Gasteiger partial charge in [-0.15, -0.1) is 0 Å². The number of nitrogens with one attached hydrogen (secondary N) is 1. The van der Waals surface area contributed by atoms with Gasteiger partial charge in [0.1, 0.15) is 0 Å². The summed E-state index contributed by atoms with van der Waals surface area (Å²) in [5, 5.41) is 6.22. The second-order valence-corrected chi connectivity index (χ2v) is 3.60. The highest BCUT2D eigenvalue weighted by atomic mass is 16.1. The van der Waals surface area contributed by atoms with Crippen LogP contribution < -0.4 is 5.32 Å². The average Bonchev–Trinajstić information content (AvgIpc) is 2.33. The molecule has 0 atom stereocenters. The van der Waals surface area contributed by atoms with Crippen LogP contribution in [-0.2, 0) is 0 Å². The number of unbranched alkanes of at least 4 members (excludes halogenated alkanes) is 1. The molecule has 90 valence electrons. The van der Waals surface area contributed by atoms with Crippen LogP contribution in [0.2, 0.25) is 0 Å². The van der Waals surface area contributed by atoms with Gasteiger partial charge >= 0.3 is 0 Å². The minimum atomic E-state index is -0.0979. The highest BCUT2D eigenvalue weighted by molar-refractivity contribution is 5.94. The maximum atomic E-state index is 11.7. The van der Waals surface area contributed by atoms with E-state index >= 15 is 0 Å². The Kier molecular flexibility index (Phi) is 5.54. The highest BCUT2D eigenvalue weighted by Gasteiger charge is 2.04. The first-order chi connectivity index (χ1) is 8.24. The number of rotatable bonds is 6. The van der Waals surface area contributed by atoms with E-state index in [1.807, 2.05) is 6.92 Å². The van der Waals surface area contributed by atoms with E-state index < -0.39 is 0 Å². The van der Waals surface area contributed by atoms with Crippen molar-refractivity contribution in [2.75, 3.05) is 13.1 Å². The molecule has 0 spiro atoms. The van der Waals surface area contributed by atoms with E-state index in [9.17, 15) is 4.79 Å². The molecular formula is C11H15N5O. The lowest BCUT2D eigenvalue weighted by Crippen LogP contribution is -2.24. The summed E-state index contributed by atoms with van der Waals surface area (Å²) in [4.78, 5) is 18.3. The van der Waals surface area contributed by atoms with Gasteiger partial charge in [-0.3, -0.25) is 9.78 Å². The average molecular weight is 233 g/mol. The van der Waals surface area contributed by atoms with E-state index in [1.54, 1.807) is 18.3 Å². The van der Waals surface area contributed by atoms with E-state index in [0.29, 0.717) is 18.7 Å². The zero-order valence-corrected chi connectivity index (χ0v) is 9.76. The Morgan fingerprint density at radius 3 is 3.12 bits per heavy atom. The molecule has 0 saturated heterocycles. The van der Waals surface area contributed by atoms with Crippen LogP contribution in [0.5, 0.6) is 0 Å². The number of hydrogen-bond donors (Lipinski definition) is 1. The maximum Gasteiger partial charge on any atom is 0.251 e. The minimum Gasteiger partial charge on any atom is -0.352 e. The molecule has 0 fully saturated rings. The first kappa shape index (κ1) is 13.0. The number of pyridine rings is 1. The number of amides is 1. The van der Waals surface area contributed by atoms with Crippen LogP contribution >= 0.6 is 0 Å². The van der Waals surface area contributed by atoms with Gasteiger partial charge in [-0.05, 0) is 37.4 Å². The number of carbonyl (C=O) groups is 1. The van der Waals surface area contributed by atoms with Gasteiger partial charge in [0.15, 0.2) is 0 Å². The Morgan fingerprint density at radius 2 is 2.41 bits per heavy atom. The second kappa shape index (κ2) is 7.24. The SMILES string of the molecule is Cc1cc(C(=O)NCCCCN=[N+]=[N-])ccn1. The number of aryl methyl sites for hydroxylation is 1. The Bertz CT molecular complexity index is 426. The predicted molar refractivity (Wildman–Crippen MR) is 64.6 cm³/mol. The lowest BCUT2D eigenvalue weighted by Gasteiger charge is -2.04. The fourth-order valence-electron chi connectivity index (χ4n) is 1.34. The molecule has 0 saturated carbocycles. The van der Waals surface area contributed by atoms with Crippen molar-refractivity contribution in [1.29, 1.82) is 0 Å². The molecule has 0 aliphatic heterocycles. The third kappa shape index (κ3) is 4.99. The molecule has 1 amide bonds. The Labute approximate surface area is 99.7 Å². The summed E-state index contributed by atoms with van der Waals surface area (Å²) in [6.07, 6.45) is 3.19. The van der Waals surface area contributed by atoms with E-state index in [4.69, 9.17) is 5.53 Å². The summed E-state index contributed by atoms with van der Waals surface area (Å²) in [6, 6.07) is 3.43. The largest absolute Gasteiger partial charge is 0.352 e. The fourth-order valence-corrected chi connectivity index (χ4v) is 1.34. The fraction of sp³-hybridized carbons (Fsp3) is 0.455. The van der Waals surface area contributed by atoms with Crippen molar-refractivity contribution < 1.29 is 4.79 Å². The zero-order chi connectivity index (χ0) is 12.5. The van der Waals surface area contributed by atoms with Crippen LogP contribution in [0.15, 0.2) is 23.4 Å². The first-order valence-corrected chi connectivity index (χ1v) is 5.46. The smallest absolute Gasteiger partial charge is 0.251 e. The van der Waals surface area contributed by atoms with Crippen molar-refractivity contribution in [1.82, 2.24) is 10.3 Å². The standard InChI is InChI=1S/C11H15N5O/c1-9-8-10(4-7-13-9)11(17)14-5-2-3-6-15-16-12/h4,7-8H,2-3,5-6H2,1H3,(H,14,17). The molecule has 1 heterocycles. The van der Waals surface area contributed by atoms with Crippen LogP contribution in [0, 0.1) is 6.92 Å². The van der Waals surface area contributed by atoms with Crippen LogP contribution in [0.1, 0.15) is 28.9 Å². The zero-order valence-electron chi connectivity index (χ0n) is 9.76. The molecule has 0 aliphatic carbocycles. The second-order valence-electron chi connectivity index (χ2n) is 3.60. The molecule has 0 aromatic carbocycles. The van der Waals surface area contributed by atoms with Gasteiger partial charge in [0.05, 0.1) is 0 Å². The van der Waals surface area contributed by atoms with E-state index in [2.05, 4.69) is 20.3 Å². The molecule has 1 aromatic heterocycles. The van der Waals surface area contributed by atoms with Crippen molar-refractivity contribution in [3.63, 3.8) is 0 Å². The molecule has 6 nitrogen and oxygen atoms in total. The molecular weight excluding hydrogens is 218 g/mol. The molecule has 1 aromatic rings. The third-order valence-electron chi connectivity index (χ3n) is 2.19. The Hall–Kier alpha value is -2.07. The van der Waals surface area contributed by atoms with Gasteiger partial charge < -0.3 is 5.32 Å². The predicted octanol–water partition coefficient (Wildman–Crippen LogP) is 2.21. The molecule has 1 N–H and O–H groups in total. The number of azide groups is 1. The lowest BCUT2D eigenvalue weighted by atomic mass is 10.2. The van der Waals surface area contributed by atoms with Crippen molar-refractivity contribution in [3.8, 4) is 0 Å². The van der Waals surface area contributed by atoms with Crippen LogP contribution in [0.3, 0.4) is 0 Å². The first-order valence-electron chi connectivity index (χ1n) is 5.46. The summed E-state index contributed by atoms with van der Waals surface area (Å²) in [6.45, 7) is 2.90. The molecule has 6 heteroatoms. The summed E-state index contributed by atoms with van der Waals surface area (Å²) >= 11 is 0. The van der Waals surface area contributed by atoms with Crippen molar-refractivity contribution in [2.24, 2.45) is 5.11 Å². The van der Waals surface area contributed by atoms with Crippen LogP contribution in [0.25, 0.3) is 10.4 Å². The molecule has 0 radical (unpaired) electrons. The topological polar surface area (TPSA) is 90.8 Å². The number of hydrogen-bond acceptors (Lipinski definition) is 3. The molecule has 17 heavy (non-hydrogen) atoms. The summed E-state index contributed by atoms with van der Waals surface area (Å²) in [5.41, 5.74) is 9.51. The highest BCUT2D eigenvalue weighted by Crippen LogP contribution is 2.00. The number of nitrogens with zero attached hydrogens (tertiary/aromatic N) is 4. The van der Waals surface area contributed by atoms with Gasteiger partial charge in [0, 0.05) is 35.5 Å². The molecule has 0 unspecified atom stereocenters. The molecule has 0 aliphatic rings. The summed E-state index contributed by atoms with van der Waals surface area (Å²) in [7, 11) is 0. The summed E-state index contributed by atoms with van der Waals surface area (Å²) < 4.78 is 0. The molecule has 1 rings (SSSR count). The van der Waals surface area contributed by atoms with E-state index in [0.717, 1.165) is 18.5 Å². The lowest BCUT2D eigenvalue weighted by molar-refractivity contribution is 0.0953. The van der Waals surface area contributed by atoms with Gasteiger partial charge in [0.25, 0.3) is 5.91 Å². The van der Waals surface area contributed by atoms with Gasteiger partial charge in [-0.2, -0.15) is 0 Å². The number of aromatic nitrogens is 1. The molecule has 0 bridgehead atoms. The number of carbonyl (C=O) groups excluding carboxylic acids is 1.